The third kappa shape index (κ3) is 5.43. The van der Waals surface area contributed by atoms with Crippen molar-refractivity contribution in [3.63, 3.8) is 0 Å². The van der Waals surface area contributed by atoms with Crippen LogP contribution in [0.4, 0.5) is 0 Å². The van der Waals surface area contributed by atoms with E-state index in [4.69, 9.17) is 4.74 Å². The third-order valence-electron chi connectivity index (χ3n) is 5.39. The predicted octanol–water partition coefficient (Wildman–Crippen LogP) is 1.20. The number of piperidine rings is 1. The van der Waals surface area contributed by atoms with Gasteiger partial charge in [-0.3, -0.25) is 9.69 Å². The summed E-state index contributed by atoms with van der Waals surface area (Å²) < 4.78 is 5.13. The van der Waals surface area contributed by atoms with Crippen molar-refractivity contribution in [2.75, 3.05) is 39.9 Å². The standard InChI is InChI=1S/C20H32N2O4/c1-3-9-20(15-23)10-12-22(13-18(20)24)14-19(25)21-11-8-16-4-6-17(26-2)7-5-16/h4-7,18,23-24H,3,8-15H2,1-2H3,(H,21,25)/t18-,20+/m0/s1. The molecule has 2 atom stereocenters. The number of amides is 1. The molecule has 1 heterocycles. The molecule has 3 N–H and O–H groups in total. The van der Waals surface area contributed by atoms with Crippen LogP contribution >= 0.6 is 0 Å². The zero-order valence-electron chi connectivity index (χ0n) is 15.9. The van der Waals surface area contributed by atoms with Gasteiger partial charge in [0, 0.05) is 18.5 Å². The Bertz CT molecular complexity index is 563. The first-order chi connectivity index (χ1) is 12.5. The maximum atomic E-state index is 12.2. The summed E-state index contributed by atoms with van der Waals surface area (Å²) in [5.74, 6) is 0.793. The van der Waals surface area contributed by atoms with Gasteiger partial charge in [0.15, 0.2) is 0 Å². The van der Waals surface area contributed by atoms with Gasteiger partial charge in [-0.15, -0.1) is 0 Å². The quantitative estimate of drug-likeness (QED) is 0.613. The first kappa shape index (κ1) is 20.7. The maximum Gasteiger partial charge on any atom is 0.234 e. The third-order valence-corrected chi connectivity index (χ3v) is 5.39. The average Bonchev–Trinajstić information content (AvgIpc) is 2.65. The number of aliphatic hydroxyl groups is 2. The lowest BCUT2D eigenvalue weighted by atomic mass is 9.73. The second-order valence-electron chi connectivity index (χ2n) is 7.22. The Morgan fingerprint density at radius 2 is 2.12 bits per heavy atom. The number of rotatable bonds is 9. The van der Waals surface area contributed by atoms with Crippen molar-refractivity contribution in [1.82, 2.24) is 10.2 Å². The molecule has 6 heteroatoms. The van der Waals surface area contributed by atoms with Crippen LogP contribution in [0.3, 0.4) is 0 Å². The van der Waals surface area contributed by atoms with Gasteiger partial charge in [-0.1, -0.05) is 25.5 Å². The molecule has 1 aromatic carbocycles. The lowest BCUT2D eigenvalue weighted by Gasteiger charge is -2.44. The minimum atomic E-state index is -0.590. The summed E-state index contributed by atoms with van der Waals surface area (Å²) in [5.41, 5.74) is 0.739. The van der Waals surface area contributed by atoms with Crippen LogP contribution in [0.1, 0.15) is 31.7 Å². The van der Waals surface area contributed by atoms with Gasteiger partial charge in [0.2, 0.25) is 5.91 Å². The summed E-state index contributed by atoms with van der Waals surface area (Å²) in [5, 5.41) is 23.1. The number of benzene rings is 1. The van der Waals surface area contributed by atoms with Crippen LogP contribution in [0.15, 0.2) is 24.3 Å². The van der Waals surface area contributed by atoms with E-state index in [-0.39, 0.29) is 19.1 Å². The Kier molecular flexibility index (Phi) is 7.87. The molecule has 0 unspecified atom stereocenters. The number of methoxy groups -OCH3 is 1. The Balaban J connectivity index is 1.72. The fourth-order valence-corrected chi connectivity index (χ4v) is 3.67. The van der Waals surface area contributed by atoms with Gasteiger partial charge < -0.3 is 20.3 Å². The lowest BCUT2D eigenvalue weighted by molar-refractivity contribution is -0.125. The summed E-state index contributed by atoms with van der Waals surface area (Å²) in [6, 6.07) is 7.81. The molecule has 0 bridgehead atoms. The van der Waals surface area contributed by atoms with E-state index < -0.39 is 11.5 Å². The summed E-state index contributed by atoms with van der Waals surface area (Å²) >= 11 is 0. The second kappa shape index (κ2) is 9.90. The molecule has 146 valence electrons. The molecule has 1 fully saturated rings. The monoisotopic (exact) mass is 364 g/mol. The number of nitrogens with zero attached hydrogens (tertiary/aromatic N) is 1. The van der Waals surface area contributed by atoms with E-state index in [0.717, 1.165) is 43.5 Å². The van der Waals surface area contributed by atoms with E-state index in [1.807, 2.05) is 29.2 Å². The molecule has 0 saturated carbocycles. The molecule has 1 amide bonds. The van der Waals surface area contributed by atoms with Crippen molar-refractivity contribution in [1.29, 1.82) is 0 Å². The zero-order valence-corrected chi connectivity index (χ0v) is 15.9. The largest absolute Gasteiger partial charge is 0.497 e. The number of hydrogen-bond acceptors (Lipinski definition) is 5. The van der Waals surface area contributed by atoms with E-state index in [2.05, 4.69) is 12.2 Å². The van der Waals surface area contributed by atoms with E-state index in [1.54, 1.807) is 7.11 Å². The number of nitrogens with one attached hydrogen (secondary N) is 1. The number of hydrogen-bond donors (Lipinski definition) is 3. The summed E-state index contributed by atoms with van der Waals surface area (Å²) in [4.78, 5) is 14.1. The number of aliphatic hydroxyl groups excluding tert-OH is 2. The molecule has 26 heavy (non-hydrogen) atoms. The summed E-state index contributed by atoms with van der Waals surface area (Å²) in [7, 11) is 1.64. The van der Waals surface area contributed by atoms with Crippen LogP contribution in [0.2, 0.25) is 0 Å². The van der Waals surface area contributed by atoms with Crippen LogP contribution in [0.25, 0.3) is 0 Å². The fraction of sp³-hybridized carbons (Fsp3) is 0.650. The van der Waals surface area contributed by atoms with Gasteiger partial charge in [-0.05, 0) is 43.5 Å². The summed E-state index contributed by atoms with van der Waals surface area (Å²) in [6.07, 6.45) is 2.64. The SMILES string of the molecule is CCC[C@]1(CO)CCN(CC(=O)NCCc2ccc(OC)cc2)C[C@@H]1O. The molecule has 0 aliphatic carbocycles. The highest BCUT2D eigenvalue weighted by Gasteiger charge is 2.41. The van der Waals surface area contributed by atoms with Crippen molar-refractivity contribution in [2.24, 2.45) is 5.41 Å². The molecule has 1 saturated heterocycles. The van der Waals surface area contributed by atoms with E-state index in [1.165, 1.54) is 0 Å². The molecule has 0 radical (unpaired) electrons. The number of ether oxygens (including phenoxy) is 1. The molecule has 2 rings (SSSR count). The van der Waals surface area contributed by atoms with Gasteiger partial charge in [0.1, 0.15) is 5.75 Å². The molecular weight excluding hydrogens is 332 g/mol. The molecule has 6 nitrogen and oxygen atoms in total. The van der Waals surface area contributed by atoms with E-state index in [0.29, 0.717) is 13.1 Å². The van der Waals surface area contributed by atoms with Crippen LogP contribution in [-0.2, 0) is 11.2 Å². The maximum absolute atomic E-state index is 12.2. The highest BCUT2D eigenvalue weighted by Crippen LogP contribution is 2.35. The first-order valence-electron chi connectivity index (χ1n) is 9.44. The smallest absolute Gasteiger partial charge is 0.234 e. The number of carbonyl (C=O) groups excluding carboxylic acids is 1. The van der Waals surface area contributed by atoms with Gasteiger partial charge in [-0.2, -0.15) is 0 Å². The lowest BCUT2D eigenvalue weighted by Crippen LogP contribution is -2.54. The van der Waals surface area contributed by atoms with E-state index >= 15 is 0 Å². The van der Waals surface area contributed by atoms with Gasteiger partial charge in [0.05, 0.1) is 26.4 Å². The average molecular weight is 364 g/mol. The van der Waals surface area contributed by atoms with Crippen LogP contribution in [0.5, 0.6) is 5.75 Å². The highest BCUT2D eigenvalue weighted by molar-refractivity contribution is 5.78. The molecular formula is C20H32N2O4. The van der Waals surface area contributed by atoms with Crippen LogP contribution in [0, 0.1) is 5.41 Å². The minimum absolute atomic E-state index is 0.00387. The van der Waals surface area contributed by atoms with Crippen molar-refractivity contribution in [2.45, 2.75) is 38.7 Å². The number of carbonyl (C=O) groups is 1. The van der Waals surface area contributed by atoms with Crippen molar-refractivity contribution >= 4 is 5.91 Å². The highest BCUT2D eigenvalue weighted by atomic mass is 16.5. The normalized spacial score (nSPS) is 23.6. The van der Waals surface area contributed by atoms with Crippen molar-refractivity contribution in [3.05, 3.63) is 29.8 Å². The molecule has 1 aromatic rings. The Morgan fingerprint density at radius 3 is 2.69 bits per heavy atom. The Labute approximate surface area is 156 Å². The molecule has 0 aromatic heterocycles. The Morgan fingerprint density at radius 1 is 1.38 bits per heavy atom. The van der Waals surface area contributed by atoms with Gasteiger partial charge >= 0.3 is 0 Å². The van der Waals surface area contributed by atoms with Crippen LogP contribution < -0.4 is 10.1 Å². The molecule has 1 aliphatic heterocycles. The van der Waals surface area contributed by atoms with E-state index in [9.17, 15) is 15.0 Å². The molecule has 0 spiro atoms. The first-order valence-corrected chi connectivity index (χ1v) is 9.44. The van der Waals surface area contributed by atoms with Crippen molar-refractivity contribution in [3.8, 4) is 5.75 Å². The summed E-state index contributed by atoms with van der Waals surface area (Å²) in [6.45, 7) is 4.10. The topological polar surface area (TPSA) is 82.0 Å². The predicted molar refractivity (Wildman–Crippen MR) is 101 cm³/mol. The minimum Gasteiger partial charge on any atom is -0.497 e. The van der Waals surface area contributed by atoms with Crippen molar-refractivity contribution < 1.29 is 19.7 Å². The fourth-order valence-electron chi connectivity index (χ4n) is 3.67. The molecule has 1 aliphatic rings. The number of likely N-dealkylation sites (tertiary alicyclic amines) is 1. The number of β-amino-alcohol motifs (C(OH)–C–C–N with tert-alkyl or cyclic N) is 1. The zero-order chi connectivity index (χ0) is 19.0. The second-order valence-corrected chi connectivity index (χ2v) is 7.22. The van der Waals surface area contributed by atoms with Crippen LogP contribution in [-0.4, -0.2) is 67.0 Å². The van der Waals surface area contributed by atoms with Gasteiger partial charge in [-0.25, -0.2) is 0 Å². The Hall–Kier alpha value is -1.63. The van der Waals surface area contributed by atoms with Gasteiger partial charge in [0.25, 0.3) is 0 Å².